The normalized spacial score (nSPS) is 15.2. The number of anilines is 1. The summed E-state index contributed by atoms with van der Waals surface area (Å²) in [4.78, 5) is 0. The first kappa shape index (κ1) is 14.9. The fourth-order valence-corrected chi connectivity index (χ4v) is 3.44. The lowest BCUT2D eigenvalue weighted by Crippen LogP contribution is -2.11. The first-order valence-electron chi connectivity index (χ1n) is 7.63. The summed E-state index contributed by atoms with van der Waals surface area (Å²) < 4.78 is 38.1. The molecule has 4 rings (SSSR count). The van der Waals surface area contributed by atoms with E-state index in [1.807, 2.05) is 0 Å². The summed E-state index contributed by atoms with van der Waals surface area (Å²) in [5.74, 6) is 1.32. The van der Waals surface area contributed by atoms with Crippen LogP contribution >= 0.6 is 0 Å². The minimum Gasteiger partial charge on any atom is -0.438 e. The minimum atomic E-state index is -3.81. The Labute approximate surface area is 138 Å². The van der Waals surface area contributed by atoms with Crippen LogP contribution in [0.25, 0.3) is 11.7 Å². The van der Waals surface area contributed by atoms with Crippen LogP contribution in [-0.4, -0.2) is 18.6 Å². The molecule has 0 atom stereocenters. The van der Waals surface area contributed by atoms with Gasteiger partial charge in [0.2, 0.25) is 11.0 Å². The summed E-state index contributed by atoms with van der Waals surface area (Å²) in [5, 5.41) is 7.75. The van der Waals surface area contributed by atoms with E-state index in [1.54, 1.807) is 30.3 Å². The van der Waals surface area contributed by atoms with E-state index in [2.05, 4.69) is 14.9 Å². The topological polar surface area (TPSA) is 98.2 Å². The molecule has 8 heteroatoms. The molecule has 1 aromatic carbocycles. The number of hydrogen-bond acceptors (Lipinski definition) is 6. The molecule has 24 heavy (non-hydrogen) atoms. The summed E-state index contributed by atoms with van der Waals surface area (Å²) in [7, 11) is -3.81. The Morgan fingerprint density at radius 1 is 1.00 bits per heavy atom. The molecule has 1 N–H and O–H groups in total. The van der Waals surface area contributed by atoms with E-state index in [0.717, 1.165) is 19.3 Å². The number of furan rings is 1. The van der Waals surface area contributed by atoms with Gasteiger partial charge >= 0.3 is 0 Å². The van der Waals surface area contributed by atoms with Crippen LogP contribution in [0.5, 0.6) is 0 Å². The Hall–Kier alpha value is -2.61. The van der Waals surface area contributed by atoms with E-state index in [1.165, 1.54) is 12.1 Å². The molecule has 1 aliphatic rings. The highest BCUT2D eigenvalue weighted by Gasteiger charge is 2.27. The molecular weight excluding hydrogens is 330 g/mol. The van der Waals surface area contributed by atoms with Crippen molar-refractivity contribution in [1.82, 2.24) is 10.2 Å². The van der Waals surface area contributed by atoms with Gasteiger partial charge in [-0.15, -0.1) is 10.2 Å². The standard InChI is InChI=1S/C16H15N3O4S/c20-24(21,19-12-7-2-1-3-8-12)14-10-9-13(22-14)16-18-17-15(23-16)11-5-4-6-11/h1-3,7-11,19H,4-6H2. The molecule has 0 amide bonds. The molecule has 0 spiro atoms. The van der Waals surface area contributed by atoms with Crippen molar-refractivity contribution in [3.63, 3.8) is 0 Å². The van der Waals surface area contributed by atoms with Gasteiger partial charge in [-0.3, -0.25) is 4.72 Å². The summed E-state index contributed by atoms with van der Waals surface area (Å²) in [6.45, 7) is 0. The number of benzene rings is 1. The second-order valence-electron chi connectivity index (χ2n) is 5.66. The van der Waals surface area contributed by atoms with Crippen molar-refractivity contribution in [2.45, 2.75) is 30.3 Å². The molecule has 1 fully saturated rings. The van der Waals surface area contributed by atoms with Gasteiger partial charge in [-0.1, -0.05) is 24.6 Å². The van der Waals surface area contributed by atoms with Gasteiger partial charge in [0.25, 0.3) is 15.9 Å². The Morgan fingerprint density at radius 3 is 2.50 bits per heavy atom. The van der Waals surface area contributed by atoms with Crippen LogP contribution in [0.4, 0.5) is 5.69 Å². The molecule has 7 nitrogen and oxygen atoms in total. The van der Waals surface area contributed by atoms with Crippen LogP contribution in [0, 0.1) is 0 Å². The number of rotatable bonds is 5. The minimum absolute atomic E-state index is 0.193. The third-order valence-corrected chi connectivity index (χ3v) is 5.23. The maximum Gasteiger partial charge on any atom is 0.295 e. The fourth-order valence-electron chi connectivity index (χ4n) is 2.45. The number of nitrogens with zero attached hydrogens (tertiary/aromatic N) is 2. The largest absolute Gasteiger partial charge is 0.438 e. The van der Waals surface area contributed by atoms with Gasteiger partial charge in [0.1, 0.15) is 0 Å². The molecule has 1 aliphatic carbocycles. The number of para-hydroxylation sites is 1. The number of nitrogens with one attached hydrogen (secondary N) is 1. The van der Waals surface area contributed by atoms with Crippen molar-refractivity contribution in [3.8, 4) is 11.7 Å². The third-order valence-electron chi connectivity index (χ3n) is 3.98. The van der Waals surface area contributed by atoms with Crippen molar-refractivity contribution < 1.29 is 17.3 Å². The average Bonchev–Trinajstić information content (AvgIpc) is 3.15. The Bertz CT molecular complexity index is 943. The lowest BCUT2D eigenvalue weighted by molar-refractivity contribution is 0.334. The van der Waals surface area contributed by atoms with Crippen molar-refractivity contribution >= 4 is 15.7 Å². The first-order valence-corrected chi connectivity index (χ1v) is 9.11. The van der Waals surface area contributed by atoms with Gasteiger partial charge in [0, 0.05) is 11.6 Å². The molecule has 2 heterocycles. The summed E-state index contributed by atoms with van der Waals surface area (Å²) in [6.07, 6.45) is 3.25. The molecule has 0 unspecified atom stereocenters. The molecule has 1 saturated carbocycles. The van der Waals surface area contributed by atoms with E-state index >= 15 is 0 Å². The highest BCUT2D eigenvalue weighted by molar-refractivity contribution is 7.92. The molecule has 0 radical (unpaired) electrons. The Balaban J connectivity index is 1.56. The Kier molecular flexibility index (Phi) is 3.61. The molecular formula is C16H15N3O4S. The summed E-state index contributed by atoms with van der Waals surface area (Å²) >= 11 is 0. The van der Waals surface area contributed by atoms with Gasteiger partial charge < -0.3 is 8.83 Å². The van der Waals surface area contributed by atoms with Crippen molar-refractivity contribution in [2.24, 2.45) is 0 Å². The van der Waals surface area contributed by atoms with Gasteiger partial charge in [-0.25, -0.2) is 0 Å². The number of sulfonamides is 1. The first-order chi connectivity index (χ1) is 11.6. The average molecular weight is 345 g/mol. The molecule has 0 saturated heterocycles. The smallest absolute Gasteiger partial charge is 0.295 e. The molecule has 2 aromatic heterocycles. The molecule has 124 valence electrons. The van der Waals surface area contributed by atoms with Crippen LogP contribution in [0.1, 0.15) is 31.1 Å². The lowest BCUT2D eigenvalue weighted by atomic mass is 9.85. The lowest BCUT2D eigenvalue weighted by Gasteiger charge is -2.20. The van der Waals surface area contributed by atoms with Gasteiger partial charge in [-0.2, -0.15) is 8.42 Å². The van der Waals surface area contributed by atoms with E-state index < -0.39 is 10.0 Å². The third kappa shape index (κ3) is 2.80. The van der Waals surface area contributed by atoms with E-state index in [0.29, 0.717) is 17.5 Å². The highest BCUT2D eigenvalue weighted by atomic mass is 32.2. The van der Waals surface area contributed by atoms with Crippen LogP contribution in [-0.2, 0) is 10.0 Å². The number of hydrogen-bond donors (Lipinski definition) is 1. The molecule has 0 aliphatic heterocycles. The van der Waals surface area contributed by atoms with Crippen LogP contribution in [0.15, 0.2) is 56.4 Å². The van der Waals surface area contributed by atoms with Crippen LogP contribution in [0.2, 0.25) is 0 Å². The molecule has 0 bridgehead atoms. The summed E-state index contributed by atoms with van der Waals surface area (Å²) in [5.41, 5.74) is 0.459. The van der Waals surface area contributed by atoms with Crippen molar-refractivity contribution in [2.75, 3.05) is 4.72 Å². The maximum absolute atomic E-state index is 12.3. The van der Waals surface area contributed by atoms with E-state index in [-0.39, 0.29) is 16.7 Å². The maximum atomic E-state index is 12.3. The zero-order valence-electron chi connectivity index (χ0n) is 12.7. The van der Waals surface area contributed by atoms with Gasteiger partial charge in [-0.05, 0) is 37.1 Å². The SMILES string of the molecule is O=S(=O)(Nc1ccccc1)c1ccc(-c2nnc(C3CCC3)o2)o1. The Morgan fingerprint density at radius 2 is 1.79 bits per heavy atom. The predicted molar refractivity (Wildman–Crippen MR) is 85.8 cm³/mol. The van der Waals surface area contributed by atoms with Crippen LogP contribution < -0.4 is 4.72 Å². The predicted octanol–water partition coefficient (Wildman–Crippen LogP) is 3.40. The van der Waals surface area contributed by atoms with Crippen molar-refractivity contribution in [1.29, 1.82) is 0 Å². The van der Waals surface area contributed by atoms with E-state index in [4.69, 9.17) is 8.83 Å². The summed E-state index contributed by atoms with van der Waals surface area (Å²) in [6, 6.07) is 11.5. The van der Waals surface area contributed by atoms with Crippen LogP contribution in [0.3, 0.4) is 0 Å². The quantitative estimate of drug-likeness (QED) is 0.761. The fraction of sp³-hybridized carbons (Fsp3) is 0.250. The highest BCUT2D eigenvalue weighted by Crippen LogP contribution is 2.36. The zero-order valence-corrected chi connectivity index (χ0v) is 13.5. The monoisotopic (exact) mass is 345 g/mol. The second-order valence-corrected chi connectivity index (χ2v) is 7.28. The molecule has 3 aromatic rings. The van der Waals surface area contributed by atoms with Gasteiger partial charge in [0.15, 0.2) is 5.76 Å². The zero-order chi connectivity index (χ0) is 16.6. The van der Waals surface area contributed by atoms with E-state index in [9.17, 15) is 8.42 Å². The number of aromatic nitrogens is 2. The second kappa shape index (κ2) is 5.79. The van der Waals surface area contributed by atoms with Gasteiger partial charge in [0.05, 0.1) is 0 Å². The van der Waals surface area contributed by atoms with Crippen molar-refractivity contribution in [3.05, 3.63) is 48.4 Å².